The standard InChI is InChI=1S/C26H30FN5O/c1-19-16-21(30-25-11-5-6-13-28-25)17-23(29-19)20-8-7-14-32(18-20)26(33)12-15-31(2)24-10-4-3-9-22(24)27/h3-6,9-11,13,16-17,20H,7-8,12,14-15,18H2,1-2H3,(H,28,29,30)/t20-/m1/s1. The van der Waals surface area contributed by atoms with Gasteiger partial charge in [0.05, 0.1) is 5.69 Å². The van der Waals surface area contributed by atoms with Crippen LogP contribution in [0.5, 0.6) is 0 Å². The number of aromatic nitrogens is 2. The number of para-hydroxylation sites is 1. The van der Waals surface area contributed by atoms with Crippen molar-refractivity contribution in [2.45, 2.75) is 32.1 Å². The van der Waals surface area contributed by atoms with Crippen molar-refractivity contribution in [2.24, 2.45) is 0 Å². The maximum absolute atomic E-state index is 14.0. The van der Waals surface area contributed by atoms with Gasteiger partial charge in [-0.05, 0) is 56.2 Å². The number of benzene rings is 1. The van der Waals surface area contributed by atoms with Crippen LogP contribution in [-0.4, -0.2) is 47.5 Å². The van der Waals surface area contributed by atoms with Crippen molar-refractivity contribution >= 4 is 23.1 Å². The molecule has 1 atom stereocenters. The molecule has 1 saturated heterocycles. The molecule has 0 unspecified atom stereocenters. The SMILES string of the molecule is Cc1cc(Nc2ccccn2)cc([C@@H]2CCCN(C(=O)CCN(C)c3ccccc3F)C2)n1. The maximum atomic E-state index is 14.0. The number of halogens is 1. The molecule has 0 aliphatic carbocycles. The fourth-order valence-electron chi connectivity index (χ4n) is 4.31. The molecule has 1 aliphatic heterocycles. The number of hydrogen-bond acceptors (Lipinski definition) is 5. The van der Waals surface area contributed by atoms with Crippen LogP contribution in [0.4, 0.5) is 21.6 Å². The molecule has 1 fully saturated rings. The largest absolute Gasteiger partial charge is 0.372 e. The predicted molar refractivity (Wildman–Crippen MR) is 129 cm³/mol. The third kappa shape index (κ3) is 5.86. The zero-order valence-corrected chi connectivity index (χ0v) is 19.2. The Kier molecular flexibility index (Phi) is 7.17. The van der Waals surface area contributed by atoms with Crippen molar-refractivity contribution in [1.82, 2.24) is 14.9 Å². The van der Waals surface area contributed by atoms with E-state index in [9.17, 15) is 9.18 Å². The van der Waals surface area contributed by atoms with Crippen molar-refractivity contribution in [3.05, 3.63) is 78.0 Å². The van der Waals surface area contributed by atoms with E-state index < -0.39 is 0 Å². The first kappa shape index (κ1) is 22.7. The Bertz CT molecular complexity index is 1090. The summed E-state index contributed by atoms with van der Waals surface area (Å²) < 4.78 is 14.0. The Morgan fingerprint density at radius 3 is 2.82 bits per heavy atom. The van der Waals surface area contributed by atoms with E-state index in [0.29, 0.717) is 25.2 Å². The van der Waals surface area contributed by atoms with Gasteiger partial charge in [-0.1, -0.05) is 18.2 Å². The molecular formula is C26H30FN5O. The van der Waals surface area contributed by atoms with E-state index in [4.69, 9.17) is 4.98 Å². The first-order chi connectivity index (χ1) is 16.0. The number of amides is 1. The van der Waals surface area contributed by atoms with Crippen molar-refractivity contribution in [3.63, 3.8) is 0 Å². The van der Waals surface area contributed by atoms with Gasteiger partial charge in [0.1, 0.15) is 11.6 Å². The number of carbonyl (C=O) groups is 1. The molecule has 1 N–H and O–H groups in total. The van der Waals surface area contributed by atoms with Gasteiger partial charge in [-0.25, -0.2) is 9.37 Å². The molecule has 1 aliphatic rings. The lowest BCUT2D eigenvalue weighted by atomic mass is 9.93. The van der Waals surface area contributed by atoms with Crippen molar-refractivity contribution < 1.29 is 9.18 Å². The molecule has 4 rings (SSSR count). The van der Waals surface area contributed by atoms with Crippen molar-refractivity contribution in [3.8, 4) is 0 Å². The summed E-state index contributed by atoms with van der Waals surface area (Å²) in [7, 11) is 1.82. The molecule has 33 heavy (non-hydrogen) atoms. The van der Waals surface area contributed by atoms with E-state index in [1.165, 1.54) is 6.07 Å². The smallest absolute Gasteiger partial charge is 0.224 e. The highest BCUT2D eigenvalue weighted by atomic mass is 19.1. The van der Waals surface area contributed by atoms with Gasteiger partial charge >= 0.3 is 0 Å². The van der Waals surface area contributed by atoms with Gasteiger partial charge in [-0.15, -0.1) is 0 Å². The number of anilines is 3. The van der Waals surface area contributed by atoms with Crippen LogP contribution in [0, 0.1) is 12.7 Å². The lowest BCUT2D eigenvalue weighted by Crippen LogP contribution is -2.40. The highest BCUT2D eigenvalue weighted by Crippen LogP contribution is 2.29. The normalized spacial score (nSPS) is 15.8. The summed E-state index contributed by atoms with van der Waals surface area (Å²) in [5.74, 6) is 0.804. The second-order valence-corrected chi connectivity index (χ2v) is 8.56. The first-order valence-electron chi connectivity index (χ1n) is 11.4. The summed E-state index contributed by atoms with van der Waals surface area (Å²) in [6.45, 7) is 3.87. The van der Waals surface area contributed by atoms with Crippen LogP contribution < -0.4 is 10.2 Å². The van der Waals surface area contributed by atoms with E-state index in [2.05, 4.69) is 16.4 Å². The lowest BCUT2D eigenvalue weighted by molar-refractivity contribution is -0.132. The first-order valence-corrected chi connectivity index (χ1v) is 11.4. The van der Waals surface area contributed by atoms with Gasteiger partial charge in [0.2, 0.25) is 5.91 Å². The van der Waals surface area contributed by atoms with Crippen LogP contribution in [0.2, 0.25) is 0 Å². The van der Waals surface area contributed by atoms with Gasteiger partial charge in [-0.2, -0.15) is 0 Å². The number of likely N-dealkylation sites (tertiary alicyclic amines) is 1. The number of carbonyl (C=O) groups excluding carboxylic acids is 1. The number of hydrogen-bond donors (Lipinski definition) is 1. The molecule has 1 amide bonds. The number of aryl methyl sites for hydroxylation is 1. The van der Waals surface area contributed by atoms with E-state index in [0.717, 1.165) is 42.3 Å². The molecule has 2 aromatic heterocycles. The Labute approximate surface area is 194 Å². The number of rotatable bonds is 7. The summed E-state index contributed by atoms with van der Waals surface area (Å²) >= 11 is 0. The van der Waals surface area contributed by atoms with Crippen LogP contribution in [0.3, 0.4) is 0 Å². The van der Waals surface area contributed by atoms with Gasteiger partial charge < -0.3 is 15.1 Å². The van der Waals surface area contributed by atoms with E-state index in [-0.39, 0.29) is 17.6 Å². The minimum atomic E-state index is -0.272. The van der Waals surface area contributed by atoms with E-state index in [1.54, 1.807) is 29.3 Å². The molecule has 0 spiro atoms. The Hall–Kier alpha value is -3.48. The van der Waals surface area contributed by atoms with Gasteiger partial charge in [0, 0.05) is 62.3 Å². The molecule has 0 saturated carbocycles. The fraction of sp³-hybridized carbons (Fsp3) is 0.346. The fourth-order valence-corrected chi connectivity index (χ4v) is 4.31. The molecule has 3 heterocycles. The topological polar surface area (TPSA) is 61.4 Å². The van der Waals surface area contributed by atoms with Crippen LogP contribution in [-0.2, 0) is 4.79 Å². The summed E-state index contributed by atoms with van der Waals surface area (Å²) in [5, 5.41) is 3.34. The Morgan fingerprint density at radius 2 is 2.03 bits per heavy atom. The third-order valence-corrected chi connectivity index (χ3v) is 6.03. The maximum Gasteiger partial charge on any atom is 0.224 e. The summed E-state index contributed by atoms with van der Waals surface area (Å²) in [5.41, 5.74) is 3.39. The van der Waals surface area contributed by atoms with E-state index >= 15 is 0 Å². The second-order valence-electron chi connectivity index (χ2n) is 8.56. The van der Waals surface area contributed by atoms with Crippen LogP contribution in [0.1, 0.15) is 36.6 Å². The predicted octanol–water partition coefficient (Wildman–Crippen LogP) is 4.90. The molecule has 1 aromatic carbocycles. The number of piperidine rings is 1. The van der Waals surface area contributed by atoms with Crippen molar-refractivity contribution in [1.29, 1.82) is 0 Å². The number of nitrogens with one attached hydrogen (secondary N) is 1. The molecule has 6 nitrogen and oxygen atoms in total. The highest BCUT2D eigenvalue weighted by Gasteiger charge is 2.26. The summed E-state index contributed by atoms with van der Waals surface area (Å²) in [6, 6.07) is 16.5. The minimum Gasteiger partial charge on any atom is -0.372 e. The van der Waals surface area contributed by atoms with Crippen LogP contribution >= 0.6 is 0 Å². The van der Waals surface area contributed by atoms with Gasteiger partial charge in [0.25, 0.3) is 0 Å². The molecule has 0 radical (unpaired) electrons. The van der Waals surface area contributed by atoms with Crippen LogP contribution in [0.25, 0.3) is 0 Å². The zero-order chi connectivity index (χ0) is 23.2. The Morgan fingerprint density at radius 1 is 1.21 bits per heavy atom. The second kappa shape index (κ2) is 10.4. The molecule has 0 bridgehead atoms. The van der Waals surface area contributed by atoms with E-state index in [1.807, 2.05) is 43.1 Å². The molecule has 3 aromatic rings. The molecule has 172 valence electrons. The summed E-state index contributed by atoms with van der Waals surface area (Å²) in [6.07, 6.45) is 4.05. The third-order valence-electron chi connectivity index (χ3n) is 6.03. The monoisotopic (exact) mass is 447 g/mol. The highest BCUT2D eigenvalue weighted by molar-refractivity contribution is 5.77. The van der Waals surface area contributed by atoms with Crippen molar-refractivity contribution in [2.75, 3.05) is 36.9 Å². The minimum absolute atomic E-state index is 0.0994. The average molecular weight is 448 g/mol. The summed E-state index contributed by atoms with van der Waals surface area (Å²) in [4.78, 5) is 25.8. The quantitative estimate of drug-likeness (QED) is 0.558. The lowest BCUT2D eigenvalue weighted by Gasteiger charge is -2.33. The zero-order valence-electron chi connectivity index (χ0n) is 19.2. The number of nitrogens with zero attached hydrogens (tertiary/aromatic N) is 4. The Balaban J connectivity index is 1.39. The average Bonchev–Trinajstić information content (AvgIpc) is 2.83. The van der Waals surface area contributed by atoms with Gasteiger partial charge in [-0.3, -0.25) is 9.78 Å². The number of pyridine rings is 2. The van der Waals surface area contributed by atoms with Crippen LogP contribution in [0.15, 0.2) is 60.8 Å². The van der Waals surface area contributed by atoms with Gasteiger partial charge in [0.15, 0.2) is 0 Å². The molecular weight excluding hydrogens is 417 g/mol. The molecule has 7 heteroatoms.